The minimum absolute atomic E-state index is 0.0247. The maximum absolute atomic E-state index is 14.8. The molecule has 2 amide bonds. The van der Waals surface area contributed by atoms with Gasteiger partial charge >= 0.3 is 12.3 Å². The fourth-order valence-corrected chi connectivity index (χ4v) is 4.05. The van der Waals surface area contributed by atoms with Crippen molar-refractivity contribution in [3.63, 3.8) is 0 Å². The number of ether oxygens (including phenoxy) is 2. The molecule has 6 nitrogen and oxygen atoms in total. The second-order valence-corrected chi connectivity index (χ2v) is 7.66. The Balaban J connectivity index is 1.99. The van der Waals surface area contributed by atoms with Gasteiger partial charge in [0.1, 0.15) is 0 Å². The Morgan fingerprint density at radius 3 is 2.35 bits per heavy atom. The molecule has 34 heavy (non-hydrogen) atoms. The molecule has 0 bridgehead atoms. The molecule has 0 radical (unpaired) electrons. The number of benzene rings is 2. The zero-order chi connectivity index (χ0) is 24.3. The Bertz CT molecular complexity index is 1140. The lowest BCUT2D eigenvalue weighted by atomic mass is 9.91. The lowest BCUT2D eigenvalue weighted by Gasteiger charge is -2.28. The van der Waals surface area contributed by atoms with Crippen molar-refractivity contribution in [3.8, 4) is 0 Å². The van der Waals surface area contributed by atoms with Crippen LogP contribution in [0.1, 0.15) is 18.1 Å². The molecule has 2 aliphatic rings. The summed E-state index contributed by atoms with van der Waals surface area (Å²) in [5.41, 5.74) is -1.46. The maximum atomic E-state index is 14.8. The van der Waals surface area contributed by atoms with Crippen molar-refractivity contribution in [2.45, 2.75) is 13.1 Å². The van der Waals surface area contributed by atoms with Crippen LogP contribution in [0.15, 0.2) is 66.4 Å². The number of carbonyl (C=O) groups is 2. The molecule has 2 aromatic carbocycles. The zero-order valence-corrected chi connectivity index (χ0v) is 18.5. The van der Waals surface area contributed by atoms with E-state index < -0.39 is 29.3 Å². The highest BCUT2D eigenvalue weighted by Crippen LogP contribution is 2.47. The number of rotatable bonds is 4. The normalized spacial score (nSPS) is 18.1. The maximum Gasteiger partial charge on any atom is 0.421 e. The average molecular weight is 472 g/mol. The monoisotopic (exact) mass is 472 g/mol. The zero-order valence-electron chi connectivity index (χ0n) is 18.5. The molecule has 0 saturated carbocycles. The molecule has 9 heteroatoms. The summed E-state index contributed by atoms with van der Waals surface area (Å²) in [6.45, 7) is 3.12. The third kappa shape index (κ3) is 4.56. The van der Waals surface area contributed by atoms with Crippen LogP contribution in [-0.4, -0.2) is 56.0 Å². The van der Waals surface area contributed by atoms with Crippen molar-refractivity contribution in [1.82, 2.24) is 4.90 Å². The highest BCUT2D eigenvalue weighted by atomic mass is 19.4. The van der Waals surface area contributed by atoms with Crippen LogP contribution in [-0.2, 0) is 14.3 Å². The Hall–Kier alpha value is -3.59. The Labute approximate surface area is 194 Å². The van der Waals surface area contributed by atoms with E-state index in [0.717, 1.165) is 0 Å². The van der Waals surface area contributed by atoms with Crippen LogP contribution in [0.4, 0.5) is 23.7 Å². The van der Waals surface area contributed by atoms with E-state index in [0.29, 0.717) is 36.8 Å². The average Bonchev–Trinajstić information content (AvgIpc) is 3.11. The van der Waals surface area contributed by atoms with Gasteiger partial charge in [0, 0.05) is 30.4 Å². The van der Waals surface area contributed by atoms with E-state index in [4.69, 9.17) is 9.47 Å². The van der Waals surface area contributed by atoms with Gasteiger partial charge in [-0.3, -0.25) is 4.79 Å². The number of imide groups is 1. The van der Waals surface area contributed by atoms with Gasteiger partial charge in [0.05, 0.1) is 36.7 Å². The Kier molecular flexibility index (Phi) is 6.74. The van der Waals surface area contributed by atoms with Crippen molar-refractivity contribution in [3.05, 3.63) is 77.5 Å². The number of nitrogens with zero attached hydrogens (tertiary/aromatic N) is 2. The van der Waals surface area contributed by atoms with Crippen LogP contribution in [0.2, 0.25) is 0 Å². The first kappa shape index (κ1) is 23.6. The van der Waals surface area contributed by atoms with Crippen LogP contribution < -0.4 is 4.90 Å². The molecule has 2 aromatic rings. The van der Waals surface area contributed by atoms with E-state index in [1.807, 2.05) is 0 Å². The predicted molar refractivity (Wildman–Crippen MR) is 121 cm³/mol. The smallest absolute Gasteiger partial charge is 0.421 e. The van der Waals surface area contributed by atoms with E-state index in [1.54, 1.807) is 48.2 Å². The van der Waals surface area contributed by atoms with Gasteiger partial charge in [-0.2, -0.15) is 13.2 Å². The summed E-state index contributed by atoms with van der Waals surface area (Å²) in [4.78, 5) is 28.3. The number of alkyl halides is 3. The van der Waals surface area contributed by atoms with Gasteiger partial charge in [-0.1, -0.05) is 48.5 Å². The second-order valence-electron chi connectivity index (χ2n) is 7.66. The molecule has 178 valence electrons. The molecule has 1 saturated heterocycles. The first-order chi connectivity index (χ1) is 16.3. The standard InChI is InChI=1S/C25H23F3N2O4/c1-2-34-24(32)30-20-11-7-6-10-18(20)21(23(30)31)22(25(26,27)28)19(17-8-4-3-5-9-17)16-29-12-14-33-15-13-29/h3-11,16H,2,12-15H2,1H3/b19-16-,22-21+. The van der Waals surface area contributed by atoms with Gasteiger partial charge in [-0.15, -0.1) is 0 Å². The quantitative estimate of drug-likeness (QED) is 0.594. The largest absolute Gasteiger partial charge is 0.449 e. The molecule has 2 aliphatic heterocycles. The number of fused-ring (bicyclic) bond motifs is 1. The summed E-state index contributed by atoms with van der Waals surface area (Å²) in [7, 11) is 0. The van der Waals surface area contributed by atoms with Crippen molar-refractivity contribution in [2.75, 3.05) is 37.8 Å². The third-order valence-corrected chi connectivity index (χ3v) is 5.53. The van der Waals surface area contributed by atoms with Gasteiger partial charge in [0.15, 0.2) is 0 Å². The lowest BCUT2D eigenvalue weighted by Crippen LogP contribution is -2.35. The summed E-state index contributed by atoms with van der Waals surface area (Å²) in [5, 5.41) is 0. The van der Waals surface area contributed by atoms with Gasteiger partial charge in [0.25, 0.3) is 5.91 Å². The van der Waals surface area contributed by atoms with Crippen molar-refractivity contribution < 1.29 is 32.2 Å². The van der Waals surface area contributed by atoms with Crippen molar-refractivity contribution in [1.29, 1.82) is 0 Å². The summed E-state index contributed by atoms with van der Waals surface area (Å²) in [6, 6.07) is 14.0. The van der Waals surface area contributed by atoms with Gasteiger partial charge in [-0.05, 0) is 18.6 Å². The number of anilines is 1. The van der Waals surface area contributed by atoms with E-state index >= 15 is 0 Å². The Morgan fingerprint density at radius 2 is 1.71 bits per heavy atom. The summed E-state index contributed by atoms with van der Waals surface area (Å²) < 4.78 is 54.6. The SMILES string of the molecule is CCOC(=O)N1C(=O)/C(=C(\C(=C/N2CCOCC2)c2ccccc2)C(F)(F)F)c2ccccc21. The van der Waals surface area contributed by atoms with Gasteiger partial charge < -0.3 is 14.4 Å². The number of para-hydroxylation sites is 1. The first-order valence-corrected chi connectivity index (χ1v) is 10.8. The highest BCUT2D eigenvalue weighted by molar-refractivity contribution is 6.40. The molecule has 0 unspecified atom stereocenters. The van der Waals surface area contributed by atoms with Crippen LogP contribution in [0, 0.1) is 0 Å². The molecular formula is C25H23F3N2O4. The van der Waals surface area contributed by atoms with Crippen molar-refractivity contribution >= 4 is 28.8 Å². The van der Waals surface area contributed by atoms with E-state index in [2.05, 4.69) is 0 Å². The summed E-state index contributed by atoms with van der Waals surface area (Å²) in [5.74, 6) is -1.07. The van der Waals surface area contributed by atoms with Gasteiger partial charge in [-0.25, -0.2) is 9.69 Å². The Morgan fingerprint density at radius 1 is 1.06 bits per heavy atom. The molecular weight excluding hydrogens is 449 g/mol. The van der Waals surface area contributed by atoms with Gasteiger partial charge in [0.2, 0.25) is 0 Å². The fraction of sp³-hybridized carbons (Fsp3) is 0.280. The van der Waals surface area contributed by atoms with Crippen LogP contribution in [0.3, 0.4) is 0 Å². The molecule has 4 rings (SSSR count). The number of hydrogen-bond donors (Lipinski definition) is 0. The molecule has 0 N–H and O–H groups in total. The minimum atomic E-state index is -4.89. The number of carbonyl (C=O) groups excluding carboxylic acids is 2. The second kappa shape index (κ2) is 9.72. The van der Waals surface area contributed by atoms with E-state index in [-0.39, 0.29) is 23.4 Å². The molecule has 0 atom stereocenters. The minimum Gasteiger partial charge on any atom is -0.449 e. The third-order valence-electron chi connectivity index (χ3n) is 5.53. The number of hydrogen-bond acceptors (Lipinski definition) is 5. The topological polar surface area (TPSA) is 59.1 Å². The number of morpholine rings is 1. The predicted octanol–water partition coefficient (Wildman–Crippen LogP) is 4.88. The molecule has 0 aromatic heterocycles. The van der Waals surface area contributed by atoms with Crippen LogP contribution in [0.5, 0.6) is 0 Å². The van der Waals surface area contributed by atoms with E-state index in [9.17, 15) is 22.8 Å². The summed E-state index contributed by atoms with van der Waals surface area (Å²) in [6.07, 6.45) is -4.48. The molecule has 0 spiro atoms. The molecule has 0 aliphatic carbocycles. The van der Waals surface area contributed by atoms with E-state index in [1.165, 1.54) is 24.4 Å². The first-order valence-electron chi connectivity index (χ1n) is 10.8. The molecule has 1 fully saturated rings. The fourth-order valence-electron chi connectivity index (χ4n) is 4.05. The highest BCUT2D eigenvalue weighted by Gasteiger charge is 2.47. The number of halogens is 3. The van der Waals surface area contributed by atoms with Crippen LogP contribution in [0.25, 0.3) is 11.1 Å². The van der Waals surface area contributed by atoms with Crippen molar-refractivity contribution in [2.24, 2.45) is 0 Å². The number of amides is 2. The molecule has 2 heterocycles. The van der Waals surface area contributed by atoms with Crippen LogP contribution >= 0.6 is 0 Å². The summed E-state index contributed by atoms with van der Waals surface area (Å²) >= 11 is 0. The number of allylic oxidation sites excluding steroid dienone is 2. The lowest BCUT2D eigenvalue weighted by molar-refractivity contribution is -0.113.